The second kappa shape index (κ2) is 6.20. The number of hydrogen-bond acceptors (Lipinski definition) is 7. The molecule has 0 bridgehead atoms. The van der Waals surface area contributed by atoms with Gasteiger partial charge in [0.25, 0.3) is 5.88 Å². The predicted octanol–water partition coefficient (Wildman–Crippen LogP) is 1.82. The lowest BCUT2D eigenvalue weighted by Crippen LogP contribution is -2.36. The van der Waals surface area contributed by atoms with Crippen molar-refractivity contribution >= 4 is 28.9 Å². The Morgan fingerprint density at radius 3 is 2.96 bits per heavy atom. The zero-order valence-corrected chi connectivity index (χ0v) is 14.1. The fourth-order valence-corrected chi connectivity index (χ4v) is 3.08. The molecule has 0 saturated heterocycles. The molecule has 25 heavy (non-hydrogen) atoms. The molecule has 0 unspecified atom stereocenters. The molecule has 1 N–H and O–H groups in total. The van der Waals surface area contributed by atoms with Crippen molar-refractivity contribution in [1.29, 1.82) is 0 Å². The number of amides is 1. The number of benzene rings is 1. The maximum atomic E-state index is 11.2. The third kappa shape index (κ3) is 2.84. The smallest absolute Gasteiger partial charge is 0.407 e. The second-order valence-corrected chi connectivity index (χ2v) is 6.21. The summed E-state index contributed by atoms with van der Waals surface area (Å²) in [6, 6.07) is 7.44. The second-order valence-electron chi connectivity index (χ2n) is 5.44. The van der Waals surface area contributed by atoms with E-state index in [0.29, 0.717) is 35.2 Å². The molecule has 9 nitrogen and oxygen atoms in total. The Morgan fingerprint density at radius 1 is 1.32 bits per heavy atom. The fraction of sp³-hybridized carbons (Fsp3) is 0.267. The van der Waals surface area contributed by atoms with E-state index in [9.17, 15) is 9.90 Å². The summed E-state index contributed by atoms with van der Waals surface area (Å²) in [6.07, 6.45) is 1.38. The summed E-state index contributed by atoms with van der Waals surface area (Å²) >= 11 is 1.37. The van der Waals surface area contributed by atoms with E-state index in [1.807, 2.05) is 30.5 Å². The highest BCUT2D eigenvalue weighted by atomic mass is 32.2. The van der Waals surface area contributed by atoms with Gasteiger partial charge in [0.2, 0.25) is 0 Å². The summed E-state index contributed by atoms with van der Waals surface area (Å²) in [4.78, 5) is 28.6. The molecular formula is C15H14N6O3S. The first-order valence-corrected chi connectivity index (χ1v) is 8.78. The van der Waals surface area contributed by atoms with E-state index in [4.69, 9.17) is 4.84 Å². The van der Waals surface area contributed by atoms with Crippen molar-refractivity contribution in [1.82, 2.24) is 30.0 Å². The number of carboxylic acid groups (broad SMARTS) is 1. The Kier molecular flexibility index (Phi) is 3.88. The van der Waals surface area contributed by atoms with Crippen molar-refractivity contribution < 1.29 is 14.7 Å². The normalized spacial score (nSPS) is 13.7. The largest absolute Gasteiger partial charge is 0.465 e. The fourth-order valence-electron chi connectivity index (χ4n) is 2.70. The first kappa shape index (κ1) is 15.6. The summed E-state index contributed by atoms with van der Waals surface area (Å²) in [7, 11) is 0. The molecule has 0 fully saturated rings. The summed E-state index contributed by atoms with van der Waals surface area (Å²) in [6.45, 7) is 0.591. The van der Waals surface area contributed by atoms with E-state index in [1.165, 1.54) is 21.5 Å². The van der Waals surface area contributed by atoms with Crippen molar-refractivity contribution in [3.8, 4) is 5.88 Å². The molecule has 3 aromatic rings. The molecule has 0 saturated carbocycles. The molecular weight excluding hydrogens is 344 g/mol. The number of hydrogen-bond donors (Lipinski definition) is 1. The van der Waals surface area contributed by atoms with Crippen LogP contribution < -0.4 is 4.84 Å². The molecule has 4 rings (SSSR count). The molecule has 1 aromatic carbocycles. The summed E-state index contributed by atoms with van der Waals surface area (Å²) in [5.74, 6) is 0.384. The van der Waals surface area contributed by atoms with Crippen LogP contribution in [0, 0.1) is 0 Å². The van der Waals surface area contributed by atoms with Gasteiger partial charge >= 0.3 is 6.09 Å². The molecule has 0 atom stereocenters. The van der Waals surface area contributed by atoms with Crippen LogP contribution in [0.5, 0.6) is 5.88 Å². The molecule has 3 heterocycles. The monoisotopic (exact) mass is 358 g/mol. The summed E-state index contributed by atoms with van der Waals surface area (Å²) in [5, 5.41) is 17.8. The van der Waals surface area contributed by atoms with Crippen LogP contribution in [0.4, 0.5) is 4.79 Å². The number of para-hydroxylation sites is 1. The van der Waals surface area contributed by atoms with Crippen LogP contribution in [-0.2, 0) is 13.0 Å². The summed E-state index contributed by atoms with van der Waals surface area (Å²) < 4.78 is 0. The number of fused-ring (bicyclic) bond motifs is 2. The van der Waals surface area contributed by atoms with Gasteiger partial charge in [0.05, 0.1) is 12.2 Å². The lowest BCUT2D eigenvalue weighted by molar-refractivity contribution is 0.135. The van der Waals surface area contributed by atoms with E-state index >= 15 is 0 Å². The number of carbonyl (C=O) groups is 1. The van der Waals surface area contributed by atoms with Gasteiger partial charge in [-0.2, -0.15) is 4.98 Å². The third-order valence-corrected chi connectivity index (χ3v) is 4.50. The van der Waals surface area contributed by atoms with Crippen LogP contribution in [0.2, 0.25) is 0 Å². The van der Waals surface area contributed by atoms with Crippen LogP contribution in [0.3, 0.4) is 0 Å². The zero-order chi connectivity index (χ0) is 17.4. The van der Waals surface area contributed by atoms with E-state index < -0.39 is 6.09 Å². The van der Waals surface area contributed by atoms with Gasteiger partial charge in [0.15, 0.2) is 5.16 Å². The number of nitrogens with zero attached hydrogens (tertiary/aromatic N) is 6. The topological polar surface area (TPSA) is 106 Å². The molecule has 2 aromatic heterocycles. The molecule has 1 aliphatic rings. The van der Waals surface area contributed by atoms with Gasteiger partial charge in [-0.25, -0.2) is 9.78 Å². The van der Waals surface area contributed by atoms with Crippen molar-refractivity contribution in [2.45, 2.75) is 18.1 Å². The molecule has 1 aliphatic heterocycles. The Balaban J connectivity index is 1.74. The molecule has 128 valence electrons. The molecule has 0 radical (unpaired) electrons. The number of thioether (sulfide) groups is 1. The summed E-state index contributed by atoms with van der Waals surface area (Å²) in [5.41, 5.74) is 2.90. The maximum absolute atomic E-state index is 11.2. The average molecular weight is 358 g/mol. The first-order valence-electron chi connectivity index (χ1n) is 7.56. The number of aromatic nitrogens is 5. The minimum atomic E-state index is -0.959. The van der Waals surface area contributed by atoms with Crippen LogP contribution >= 0.6 is 11.8 Å². The Morgan fingerprint density at radius 2 is 2.16 bits per heavy atom. The highest BCUT2D eigenvalue weighted by Crippen LogP contribution is 2.28. The van der Waals surface area contributed by atoms with Crippen molar-refractivity contribution in [3.63, 3.8) is 0 Å². The highest BCUT2D eigenvalue weighted by molar-refractivity contribution is 7.98. The lowest BCUT2D eigenvalue weighted by atomic mass is 10.1. The van der Waals surface area contributed by atoms with Gasteiger partial charge in [-0.1, -0.05) is 28.7 Å². The van der Waals surface area contributed by atoms with Gasteiger partial charge in [0, 0.05) is 12.1 Å². The standard InChI is InChI=1S/C15H14N6O3S/c1-25-14-16-11-8-20(15(22)23)7-6-9(11)13(17-14)24-21-12-5-3-2-4-10(12)18-19-21/h2-5H,6-8H2,1H3,(H,22,23). The minimum Gasteiger partial charge on any atom is -0.465 e. The van der Waals surface area contributed by atoms with Crippen LogP contribution in [0.15, 0.2) is 29.4 Å². The van der Waals surface area contributed by atoms with E-state index in [2.05, 4.69) is 20.3 Å². The Labute approximate surface area is 146 Å². The molecule has 10 heteroatoms. The third-order valence-electron chi connectivity index (χ3n) is 3.95. The van der Waals surface area contributed by atoms with Crippen molar-refractivity contribution in [2.75, 3.05) is 12.8 Å². The van der Waals surface area contributed by atoms with Crippen molar-refractivity contribution in [3.05, 3.63) is 35.5 Å². The highest BCUT2D eigenvalue weighted by Gasteiger charge is 2.26. The first-order chi connectivity index (χ1) is 12.2. The Bertz CT molecular complexity index is 960. The number of rotatable bonds is 3. The minimum absolute atomic E-state index is 0.217. The van der Waals surface area contributed by atoms with Gasteiger partial charge < -0.3 is 14.8 Å². The van der Waals surface area contributed by atoms with Gasteiger partial charge in [0.1, 0.15) is 11.0 Å². The molecule has 1 amide bonds. The van der Waals surface area contributed by atoms with Gasteiger partial charge in [-0.15, -0.1) is 5.10 Å². The van der Waals surface area contributed by atoms with Gasteiger partial charge in [-0.05, 0) is 30.0 Å². The van der Waals surface area contributed by atoms with E-state index in [1.54, 1.807) is 0 Å². The van der Waals surface area contributed by atoms with Gasteiger partial charge in [-0.3, -0.25) is 0 Å². The van der Waals surface area contributed by atoms with Crippen molar-refractivity contribution in [2.24, 2.45) is 0 Å². The SMILES string of the molecule is CSc1nc2c(c(On3nnc4ccccc43)n1)CCN(C(=O)O)C2. The quantitative estimate of drug-likeness (QED) is 0.558. The predicted molar refractivity (Wildman–Crippen MR) is 89.5 cm³/mol. The van der Waals surface area contributed by atoms with Crippen LogP contribution in [-0.4, -0.2) is 54.0 Å². The zero-order valence-electron chi connectivity index (χ0n) is 13.3. The molecule has 0 aliphatic carbocycles. The molecule has 0 spiro atoms. The van der Waals surface area contributed by atoms with Crippen LogP contribution in [0.25, 0.3) is 11.0 Å². The lowest BCUT2D eigenvalue weighted by Gasteiger charge is -2.26. The van der Waals surface area contributed by atoms with E-state index in [0.717, 1.165) is 11.1 Å². The average Bonchev–Trinajstić information content (AvgIpc) is 3.04. The van der Waals surface area contributed by atoms with Crippen LogP contribution in [0.1, 0.15) is 11.3 Å². The maximum Gasteiger partial charge on any atom is 0.407 e. The Hall–Kier alpha value is -2.88. The van der Waals surface area contributed by atoms with E-state index in [-0.39, 0.29) is 6.54 Å².